The molecule has 1 N–H and O–H groups in total. The van der Waals surface area contributed by atoms with E-state index in [1.54, 1.807) is 18.2 Å². The van der Waals surface area contributed by atoms with Crippen molar-refractivity contribution in [3.8, 4) is 11.5 Å². The highest BCUT2D eigenvalue weighted by Crippen LogP contribution is 2.33. The van der Waals surface area contributed by atoms with Gasteiger partial charge in [-0.05, 0) is 12.1 Å². The highest BCUT2D eigenvalue weighted by atomic mass is 32.2. The fourth-order valence-electron chi connectivity index (χ4n) is 2.08. The number of cyclic esters (lactones) is 1. The predicted molar refractivity (Wildman–Crippen MR) is 80.0 cm³/mol. The first kappa shape index (κ1) is 16.4. The van der Waals surface area contributed by atoms with E-state index in [4.69, 9.17) is 14.2 Å². The van der Waals surface area contributed by atoms with Gasteiger partial charge in [0, 0.05) is 12.6 Å². The summed E-state index contributed by atoms with van der Waals surface area (Å²) in [6, 6.07) is 5.05. The molecule has 0 saturated carbocycles. The fourth-order valence-corrected chi connectivity index (χ4v) is 2.56. The van der Waals surface area contributed by atoms with Gasteiger partial charge in [-0.3, -0.25) is 4.90 Å². The first-order valence-corrected chi connectivity index (χ1v) is 8.38. The van der Waals surface area contributed by atoms with Crippen LogP contribution >= 0.6 is 0 Å². The number of sulfonamides is 1. The van der Waals surface area contributed by atoms with E-state index in [1.165, 1.54) is 19.1 Å². The zero-order chi connectivity index (χ0) is 16.3. The molecule has 0 radical (unpaired) electrons. The molecule has 0 bridgehead atoms. The second-order valence-electron chi connectivity index (χ2n) is 4.78. The number of methoxy groups -OCH3 is 2. The fraction of sp³-hybridized carbons (Fsp3) is 0.462. The zero-order valence-corrected chi connectivity index (χ0v) is 13.3. The molecule has 1 atom stereocenters. The van der Waals surface area contributed by atoms with Crippen LogP contribution in [0.1, 0.15) is 0 Å². The van der Waals surface area contributed by atoms with Crippen LogP contribution in [0.2, 0.25) is 0 Å². The molecule has 1 fully saturated rings. The summed E-state index contributed by atoms with van der Waals surface area (Å²) in [6.07, 6.45) is -0.0292. The standard InChI is InChI=1S/C13H18N2O6S/c1-19-11-5-4-9(6-12(11)20-2)15-8-10(21-13(15)16)7-14-22(3,17)18/h4-6,10,14H,7-8H2,1-3H3. The van der Waals surface area contributed by atoms with E-state index in [2.05, 4.69) is 4.72 Å². The molecule has 0 spiro atoms. The highest BCUT2D eigenvalue weighted by Gasteiger charge is 2.33. The molecule has 1 aromatic carbocycles. The second-order valence-corrected chi connectivity index (χ2v) is 6.61. The number of carbonyl (C=O) groups is 1. The lowest BCUT2D eigenvalue weighted by Crippen LogP contribution is -2.33. The van der Waals surface area contributed by atoms with Crippen molar-refractivity contribution in [3.63, 3.8) is 0 Å². The molecule has 8 nitrogen and oxygen atoms in total. The average Bonchev–Trinajstić information content (AvgIpc) is 2.85. The molecule has 1 saturated heterocycles. The quantitative estimate of drug-likeness (QED) is 0.820. The van der Waals surface area contributed by atoms with Gasteiger partial charge in [0.1, 0.15) is 6.10 Å². The molecule has 1 aliphatic rings. The minimum atomic E-state index is -3.33. The predicted octanol–water partition coefficient (Wildman–Crippen LogP) is 0.578. The van der Waals surface area contributed by atoms with Gasteiger partial charge in [-0.2, -0.15) is 0 Å². The maximum Gasteiger partial charge on any atom is 0.414 e. The van der Waals surface area contributed by atoms with Crippen LogP contribution in [-0.2, 0) is 14.8 Å². The van der Waals surface area contributed by atoms with Crippen molar-refractivity contribution in [1.29, 1.82) is 0 Å². The number of rotatable bonds is 6. The van der Waals surface area contributed by atoms with E-state index >= 15 is 0 Å². The van der Waals surface area contributed by atoms with Gasteiger partial charge >= 0.3 is 6.09 Å². The van der Waals surface area contributed by atoms with Gasteiger partial charge in [0.25, 0.3) is 0 Å². The molecular formula is C13H18N2O6S. The summed E-state index contributed by atoms with van der Waals surface area (Å²) >= 11 is 0. The van der Waals surface area contributed by atoms with Gasteiger partial charge in [0.2, 0.25) is 10.0 Å². The van der Waals surface area contributed by atoms with Gasteiger partial charge < -0.3 is 14.2 Å². The largest absolute Gasteiger partial charge is 0.493 e. The van der Waals surface area contributed by atoms with Crippen LogP contribution in [0.15, 0.2) is 18.2 Å². The molecule has 22 heavy (non-hydrogen) atoms. The van der Waals surface area contributed by atoms with Crippen LogP contribution in [0, 0.1) is 0 Å². The SMILES string of the molecule is COc1ccc(N2CC(CNS(C)(=O)=O)OC2=O)cc1OC. The summed E-state index contributed by atoms with van der Waals surface area (Å²) in [5, 5.41) is 0. The van der Waals surface area contributed by atoms with E-state index < -0.39 is 22.2 Å². The van der Waals surface area contributed by atoms with Crippen LogP contribution in [0.5, 0.6) is 11.5 Å². The Labute approximate surface area is 129 Å². The Morgan fingerprint density at radius 3 is 2.59 bits per heavy atom. The van der Waals surface area contributed by atoms with Gasteiger partial charge in [-0.25, -0.2) is 17.9 Å². The number of carbonyl (C=O) groups excluding carboxylic acids is 1. The van der Waals surface area contributed by atoms with Gasteiger partial charge in [0.15, 0.2) is 11.5 Å². The van der Waals surface area contributed by atoms with E-state index in [0.717, 1.165) is 6.26 Å². The smallest absolute Gasteiger partial charge is 0.414 e. The topological polar surface area (TPSA) is 94.2 Å². The second kappa shape index (κ2) is 6.41. The van der Waals surface area contributed by atoms with Gasteiger partial charge in [0.05, 0.1) is 32.7 Å². The van der Waals surface area contributed by atoms with Crippen LogP contribution < -0.4 is 19.1 Å². The third-order valence-corrected chi connectivity index (χ3v) is 3.82. The summed E-state index contributed by atoms with van der Waals surface area (Å²) in [6.45, 7) is 0.283. The average molecular weight is 330 g/mol. The number of hydrogen-bond donors (Lipinski definition) is 1. The maximum absolute atomic E-state index is 11.9. The van der Waals surface area contributed by atoms with E-state index in [0.29, 0.717) is 17.2 Å². The van der Waals surface area contributed by atoms with Crippen molar-refractivity contribution in [3.05, 3.63) is 18.2 Å². The summed E-state index contributed by atoms with van der Waals surface area (Å²) in [4.78, 5) is 13.3. The van der Waals surface area contributed by atoms with Crippen LogP contribution in [0.25, 0.3) is 0 Å². The van der Waals surface area contributed by atoms with Gasteiger partial charge in [-0.15, -0.1) is 0 Å². The Bertz CT molecular complexity index is 660. The minimum Gasteiger partial charge on any atom is -0.493 e. The monoisotopic (exact) mass is 330 g/mol. The summed E-state index contributed by atoms with van der Waals surface area (Å²) < 4.78 is 40.0. The molecular weight excluding hydrogens is 312 g/mol. The van der Waals surface area contributed by atoms with Crippen molar-refractivity contribution in [2.45, 2.75) is 6.10 Å². The molecule has 9 heteroatoms. The zero-order valence-electron chi connectivity index (χ0n) is 12.5. The van der Waals surface area contributed by atoms with Crippen LogP contribution in [0.4, 0.5) is 10.5 Å². The van der Waals surface area contributed by atoms with Crippen molar-refractivity contribution in [2.75, 3.05) is 38.5 Å². The third kappa shape index (κ3) is 3.80. The molecule has 1 amide bonds. The molecule has 1 aromatic rings. The molecule has 1 heterocycles. The lowest BCUT2D eigenvalue weighted by Gasteiger charge is -2.15. The Hall–Kier alpha value is -2.00. The molecule has 0 aromatic heterocycles. The number of hydrogen-bond acceptors (Lipinski definition) is 6. The van der Waals surface area contributed by atoms with Crippen molar-refractivity contribution < 1.29 is 27.4 Å². The number of nitrogens with one attached hydrogen (secondary N) is 1. The summed E-state index contributed by atoms with van der Waals surface area (Å²) in [7, 11) is -0.302. The molecule has 2 rings (SSSR count). The summed E-state index contributed by atoms with van der Waals surface area (Å²) in [5.74, 6) is 1.04. The number of benzene rings is 1. The number of amides is 1. The molecule has 1 unspecified atom stereocenters. The summed E-state index contributed by atoms with van der Waals surface area (Å²) in [5.41, 5.74) is 0.588. The first-order valence-electron chi connectivity index (χ1n) is 6.49. The number of ether oxygens (including phenoxy) is 3. The number of nitrogens with zero attached hydrogens (tertiary/aromatic N) is 1. The number of anilines is 1. The Kier molecular flexibility index (Phi) is 4.77. The van der Waals surface area contributed by atoms with Crippen molar-refractivity contribution in [2.24, 2.45) is 0 Å². The van der Waals surface area contributed by atoms with E-state index in [-0.39, 0.29) is 13.1 Å². The molecule has 0 aliphatic carbocycles. The Balaban J connectivity index is 2.11. The van der Waals surface area contributed by atoms with Crippen LogP contribution in [0.3, 0.4) is 0 Å². The van der Waals surface area contributed by atoms with Crippen molar-refractivity contribution in [1.82, 2.24) is 4.72 Å². The van der Waals surface area contributed by atoms with E-state index in [9.17, 15) is 13.2 Å². The van der Waals surface area contributed by atoms with E-state index in [1.807, 2.05) is 0 Å². The highest BCUT2D eigenvalue weighted by molar-refractivity contribution is 7.88. The first-order chi connectivity index (χ1) is 10.3. The molecule has 122 valence electrons. The maximum atomic E-state index is 11.9. The minimum absolute atomic E-state index is 0.0361. The Morgan fingerprint density at radius 1 is 1.32 bits per heavy atom. The third-order valence-electron chi connectivity index (χ3n) is 3.13. The van der Waals surface area contributed by atoms with Gasteiger partial charge in [-0.1, -0.05) is 0 Å². The normalized spacial score (nSPS) is 18.2. The lowest BCUT2D eigenvalue weighted by atomic mass is 10.2. The van der Waals surface area contributed by atoms with Crippen molar-refractivity contribution >= 4 is 21.8 Å². The Morgan fingerprint density at radius 2 is 2.00 bits per heavy atom. The molecule has 1 aliphatic heterocycles. The lowest BCUT2D eigenvalue weighted by molar-refractivity contribution is 0.143. The van der Waals surface area contributed by atoms with Crippen LogP contribution in [-0.4, -0.2) is 54.2 Å².